The number of thioether (sulfide) groups is 1. The van der Waals surface area contributed by atoms with Gasteiger partial charge < -0.3 is 14.2 Å². The average molecular weight is 310 g/mol. The molecule has 0 aromatic heterocycles. The standard InChI is InChI=1S/C16H22O4S/c1-18-13-4-3-5-14(10-13)20-11-15(16(17)19-2)12-6-8-21-9-7-12/h3-5,10,12,15H,6-9,11H2,1-2H3. The van der Waals surface area contributed by atoms with Gasteiger partial charge in [-0.1, -0.05) is 6.07 Å². The van der Waals surface area contributed by atoms with Gasteiger partial charge in [-0.3, -0.25) is 4.79 Å². The van der Waals surface area contributed by atoms with Crippen molar-refractivity contribution in [3.63, 3.8) is 0 Å². The summed E-state index contributed by atoms with van der Waals surface area (Å²) < 4.78 is 15.9. The molecule has 1 aliphatic rings. The van der Waals surface area contributed by atoms with Gasteiger partial charge in [-0.2, -0.15) is 11.8 Å². The topological polar surface area (TPSA) is 44.8 Å². The number of esters is 1. The molecule has 1 fully saturated rings. The highest BCUT2D eigenvalue weighted by atomic mass is 32.2. The molecule has 4 nitrogen and oxygen atoms in total. The van der Waals surface area contributed by atoms with E-state index in [0.29, 0.717) is 18.3 Å². The molecule has 21 heavy (non-hydrogen) atoms. The molecule has 0 aliphatic carbocycles. The lowest BCUT2D eigenvalue weighted by Gasteiger charge is -2.28. The number of hydrogen-bond donors (Lipinski definition) is 0. The minimum Gasteiger partial charge on any atom is -0.497 e. The van der Waals surface area contributed by atoms with Crippen molar-refractivity contribution in [1.29, 1.82) is 0 Å². The minimum atomic E-state index is -0.192. The van der Waals surface area contributed by atoms with Crippen LogP contribution in [0.1, 0.15) is 12.8 Å². The van der Waals surface area contributed by atoms with Crippen LogP contribution >= 0.6 is 11.8 Å². The van der Waals surface area contributed by atoms with Crippen LogP contribution in [-0.4, -0.2) is 38.3 Å². The summed E-state index contributed by atoms with van der Waals surface area (Å²) in [6.07, 6.45) is 2.10. The highest BCUT2D eigenvalue weighted by molar-refractivity contribution is 7.99. The van der Waals surface area contributed by atoms with Gasteiger partial charge in [0.15, 0.2) is 0 Å². The number of carbonyl (C=O) groups excluding carboxylic acids is 1. The second-order valence-electron chi connectivity index (χ2n) is 5.07. The summed E-state index contributed by atoms with van der Waals surface area (Å²) in [5.41, 5.74) is 0. The van der Waals surface area contributed by atoms with Crippen molar-refractivity contribution in [3.8, 4) is 11.5 Å². The molecule has 0 saturated carbocycles. The van der Waals surface area contributed by atoms with Gasteiger partial charge in [0.2, 0.25) is 0 Å². The van der Waals surface area contributed by atoms with Crippen molar-refractivity contribution in [2.24, 2.45) is 11.8 Å². The zero-order valence-electron chi connectivity index (χ0n) is 12.5. The van der Waals surface area contributed by atoms with Crippen molar-refractivity contribution in [1.82, 2.24) is 0 Å². The van der Waals surface area contributed by atoms with Gasteiger partial charge in [-0.15, -0.1) is 0 Å². The van der Waals surface area contributed by atoms with Crippen molar-refractivity contribution >= 4 is 17.7 Å². The first-order valence-corrected chi connectivity index (χ1v) is 8.32. The quantitative estimate of drug-likeness (QED) is 0.756. The summed E-state index contributed by atoms with van der Waals surface area (Å²) in [6.45, 7) is 0.356. The number of hydrogen-bond acceptors (Lipinski definition) is 5. The molecule has 5 heteroatoms. The van der Waals surface area contributed by atoms with Crippen LogP contribution in [0, 0.1) is 11.8 Å². The smallest absolute Gasteiger partial charge is 0.312 e. The van der Waals surface area contributed by atoms with E-state index in [4.69, 9.17) is 14.2 Å². The van der Waals surface area contributed by atoms with Crippen molar-refractivity contribution in [2.45, 2.75) is 12.8 Å². The fourth-order valence-electron chi connectivity index (χ4n) is 2.54. The van der Waals surface area contributed by atoms with Gasteiger partial charge in [0, 0.05) is 6.07 Å². The van der Waals surface area contributed by atoms with E-state index < -0.39 is 0 Å². The molecule has 0 radical (unpaired) electrons. The molecular formula is C16H22O4S. The molecule has 0 bridgehead atoms. The molecular weight excluding hydrogens is 288 g/mol. The third-order valence-electron chi connectivity index (χ3n) is 3.81. The van der Waals surface area contributed by atoms with Crippen LogP contribution in [-0.2, 0) is 9.53 Å². The Bertz CT molecular complexity index is 457. The summed E-state index contributed by atoms with van der Waals surface area (Å²) in [5.74, 6) is 3.67. The van der Waals surface area contributed by atoms with E-state index >= 15 is 0 Å². The maximum atomic E-state index is 12.0. The lowest BCUT2D eigenvalue weighted by Crippen LogP contribution is -2.32. The number of ether oxygens (including phenoxy) is 3. The molecule has 1 heterocycles. The zero-order chi connectivity index (χ0) is 15.1. The SMILES string of the molecule is COC(=O)C(COc1cccc(OC)c1)C1CCSCC1. The fraction of sp³-hybridized carbons (Fsp3) is 0.562. The molecule has 1 atom stereocenters. The number of benzene rings is 1. The van der Waals surface area contributed by atoms with E-state index in [1.807, 2.05) is 36.0 Å². The molecule has 116 valence electrons. The first-order chi connectivity index (χ1) is 10.2. The third kappa shape index (κ3) is 4.56. The van der Waals surface area contributed by atoms with Crippen molar-refractivity contribution in [2.75, 3.05) is 32.3 Å². The molecule has 0 amide bonds. The summed E-state index contributed by atoms with van der Waals surface area (Å²) in [6, 6.07) is 7.43. The van der Waals surface area contributed by atoms with Crippen LogP contribution in [0.4, 0.5) is 0 Å². The Balaban J connectivity index is 1.99. The molecule has 1 unspecified atom stereocenters. The van der Waals surface area contributed by atoms with E-state index in [-0.39, 0.29) is 11.9 Å². The fourth-order valence-corrected chi connectivity index (χ4v) is 3.69. The molecule has 2 rings (SSSR count). The summed E-state index contributed by atoms with van der Waals surface area (Å²) in [5, 5.41) is 0. The van der Waals surface area contributed by atoms with Crippen LogP contribution in [0.25, 0.3) is 0 Å². The van der Waals surface area contributed by atoms with Crippen LogP contribution in [0.15, 0.2) is 24.3 Å². The zero-order valence-corrected chi connectivity index (χ0v) is 13.4. The minimum absolute atomic E-state index is 0.171. The normalized spacial score (nSPS) is 17.0. The molecule has 0 N–H and O–H groups in total. The van der Waals surface area contributed by atoms with Gasteiger partial charge in [0.05, 0.1) is 20.1 Å². The first kappa shape index (κ1) is 16.0. The number of rotatable bonds is 6. The Hall–Kier alpha value is -1.36. The predicted octanol–water partition coefficient (Wildman–Crippen LogP) is 3.01. The second kappa shape index (κ2) is 8.17. The second-order valence-corrected chi connectivity index (χ2v) is 6.29. The summed E-state index contributed by atoms with van der Waals surface area (Å²) in [4.78, 5) is 12.0. The van der Waals surface area contributed by atoms with E-state index in [1.54, 1.807) is 7.11 Å². The Morgan fingerprint density at radius 3 is 2.67 bits per heavy atom. The first-order valence-electron chi connectivity index (χ1n) is 7.17. The van der Waals surface area contributed by atoms with E-state index in [9.17, 15) is 4.79 Å². The Labute approximate surface area is 130 Å². The van der Waals surface area contributed by atoms with Crippen LogP contribution in [0.3, 0.4) is 0 Å². The van der Waals surface area contributed by atoms with Crippen molar-refractivity contribution < 1.29 is 19.0 Å². The van der Waals surface area contributed by atoms with E-state index in [2.05, 4.69) is 0 Å². The lowest BCUT2D eigenvalue weighted by atomic mass is 9.88. The van der Waals surface area contributed by atoms with Gasteiger partial charge >= 0.3 is 5.97 Å². The monoisotopic (exact) mass is 310 g/mol. The van der Waals surface area contributed by atoms with Crippen LogP contribution in [0.5, 0.6) is 11.5 Å². The van der Waals surface area contributed by atoms with Crippen molar-refractivity contribution in [3.05, 3.63) is 24.3 Å². The summed E-state index contributed by atoms with van der Waals surface area (Å²) in [7, 11) is 3.06. The predicted molar refractivity (Wildman–Crippen MR) is 84.0 cm³/mol. The van der Waals surface area contributed by atoms with E-state index in [1.165, 1.54) is 7.11 Å². The third-order valence-corrected chi connectivity index (χ3v) is 4.86. The van der Waals surface area contributed by atoms with Gasteiger partial charge in [0.1, 0.15) is 18.1 Å². The molecule has 0 spiro atoms. The largest absolute Gasteiger partial charge is 0.497 e. The number of methoxy groups -OCH3 is 2. The Morgan fingerprint density at radius 1 is 1.29 bits per heavy atom. The maximum absolute atomic E-state index is 12.0. The maximum Gasteiger partial charge on any atom is 0.312 e. The average Bonchev–Trinajstić information content (AvgIpc) is 2.56. The van der Waals surface area contributed by atoms with Gasteiger partial charge in [-0.25, -0.2) is 0 Å². The summed E-state index contributed by atoms with van der Waals surface area (Å²) >= 11 is 1.95. The molecule has 1 saturated heterocycles. The molecule has 1 aromatic rings. The molecule has 1 aliphatic heterocycles. The Kier molecular flexibility index (Phi) is 6.23. The van der Waals surface area contributed by atoms with Crippen LogP contribution in [0.2, 0.25) is 0 Å². The Morgan fingerprint density at radius 2 is 2.00 bits per heavy atom. The lowest BCUT2D eigenvalue weighted by molar-refractivity contribution is -0.148. The van der Waals surface area contributed by atoms with E-state index in [0.717, 1.165) is 30.1 Å². The highest BCUT2D eigenvalue weighted by Gasteiger charge is 2.31. The number of carbonyl (C=O) groups is 1. The molecule has 1 aromatic carbocycles. The van der Waals surface area contributed by atoms with Gasteiger partial charge in [0.25, 0.3) is 0 Å². The van der Waals surface area contributed by atoms with Gasteiger partial charge in [-0.05, 0) is 42.4 Å². The van der Waals surface area contributed by atoms with Crippen LogP contribution < -0.4 is 9.47 Å². The highest BCUT2D eigenvalue weighted by Crippen LogP contribution is 2.30.